The molecular weight excluding hydrogens is 234 g/mol. The van der Waals surface area contributed by atoms with E-state index in [-0.39, 0.29) is 22.6 Å². The zero-order valence-electron chi connectivity index (χ0n) is 10.1. The molecule has 4 N–H and O–H groups in total. The number of hydrogen-bond donors (Lipinski definition) is 4. The van der Waals surface area contributed by atoms with Crippen LogP contribution in [0.3, 0.4) is 0 Å². The van der Waals surface area contributed by atoms with E-state index in [1.165, 1.54) is 6.42 Å². The Hall–Kier alpha value is -1.98. The Labute approximate surface area is 103 Å². The largest absolute Gasteiger partial charge is 0.494 e. The molecule has 0 saturated heterocycles. The van der Waals surface area contributed by atoms with Crippen LogP contribution in [0.2, 0.25) is 0 Å². The molecule has 0 radical (unpaired) electrons. The van der Waals surface area contributed by atoms with Gasteiger partial charge in [0, 0.05) is 6.04 Å². The molecule has 0 bridgehead atoms. The summed E-state index contributed by atoms with van der Waals surface area (Å²) < 4.78 is 0. The minimum Gasteiger partial charge on any atom is -0.494 e. The molecule has 6 heteroatoms. The van der Waals surface area contributed by atoms with Crippen LogP contribution in [-0.2, 0) is 0 Å². The lowest BCUT2D eigenvalue weighted by Crippen LogP contribution is -2.51. The van der Waals surface area contributed by atoms with Crippen molar-refractivity contribution in [3.8, 4) is 0 Å². The van der Waals surface area contributed by atoms with Crippen LogP contribution in [0.1, 0.15) is 32.1 Å². The van der Waals surface area contributed by atoms with Gasteiger partial charge in [0.25, 0.3) is 11.1 Å². The highest BCUT2D eigenvalue weighted by atomic mass is 16.3. The third-order valence-corrected chi connectivity index (χ3v) is 3.17. The number of rotatable bonds is 2. The van der Waals surface area contributed by atoms with Gasteiger partial charge in [0.2, 0.25) is 5.88 Å². The van der Waals surface area contributed by atoms with Gasteiger partial charge in [-0.25, -0.2) is 0 Å². The number of aliphatic hydroxyl groups excluding tert-OH is 1. The molecular formula is C12H17N3O3. The van der Waals surface area contributed by atoms with Crippen molar-refractivity contribution in [1.29, 1.82) is 0 Å². The molecule has 18 heavy (non-hydrogen) atoms. The summed E-state index contributed by atoms with van der Waals surface area (Å²) >= 11 is 0. The molecule has 1 fully saturated rings. The average Bonchev–Trinajstić information content (AvgIpc) is 2.28. The third-order valence-electron chi connectivity index (χ3n) is 3.17. The summed E-state index contributed by atoms with van der Waals surface area (Å²) in [6, 6.07) is 0.122. The fourth-order valence-electron chi connectivity index (χ4n) is 2.26. The smallest absolute Gasteiger partial charge is 0.267 e. The molecule has 0 unspecified atom stereocenters. The van der Waals surface area contributed by atoms with Gasteiger partial charge in [-0.05, 0) is 12.8 Å². The van der Waals surface area contributed by atoms with Gasteiger partial charge in [-0.1, -0.05) is 25.8 Å². The second kappa shape index (κ2) is 5.12. The fourth-order valence-corrected chi connectivity index (χ4v) is 2.26. The van der Waals surface area contributed by atoms with Crippen LogP contribution < -0.4 is 27.1 Å². The molecule has 0 spiro atoms. The van der Waals surface area contributed by atoms with Gasteiger partial charge in [0.1, 0.15) is 5.48 Å². The first kappa shape index (κ1) is 12.5. The number of H-pyrrole nitrogens is 2. The minimum absolute atomic E-state index is 0.122. The first-order valence-electron chi connectivity index (χ1n) is 6.09. The molecule has 98 valence electrons. The van der Waals surface area contributed by atoms with Crippen molar-refractivity contribution in [3.63, 3.8) is 0 Å². The molecule has 0 amide bonds. The Bertz CT molecular complexity index is 601. The number of aromatic amines is 2. The Balaban J connectivity index is 2.38. The zero-order valence-corrected chi connectivity index (χ0v) is 10.1. The van der Waals surface area contributed by atoms with Gasteiger partial charge in [-0.15, -0.1) is 0 Å². The van der Waals surface area contributed by atoms with Crippen molar-refractivity contribution >= 4 is 12.5 Å². The molecule has 1 saturated carbocycles. The summed E-state index contributed by atoms with van der Waals surface area (Å²) in [5.74, 6) is -0.357. The maximum Gasteiger partial charge on any atom is 0.267 e. The Morgan fingerprint density at radius 3 is 2.28 bits per heavy atom. The van der Waals surface area contributed by atoms with Crippen LogP contribution in [0, 0.1) is 0 Å². The predicted octanol–water partition coefficient (Wildman–Crippen LogP) is -0.980. The molecule has 2 rings (SSSR count). The highest BCUT2D eigenvalue weighted by Crippen LogP contribution is 2.17. The van der Waals surface area contributed by atoms with Gasteiger partial charge in [0.15, 0.2) is 5.22 Å². The van der Waals surface area contributed by atoms with E-state index in [9.17, 15) is 14.7 Å². The van der Waals surface area contributed by atoms with E-state index in [1.54, 1.807) is 0 Å². The summed E-state index contributed by atoms with van der Waals surface area (Å²) in [7, 11) is 0. The summed E-state index contributed by atoms with van der Waals surface area (Å²) in [5.41, 5.74) is -1.15. The van der Waals surface area contributed by atoms with Crippen molar-refractivity contribution in [3.05, 3.63) is 31.4 Å². The topological polar surface area (TPSA) is 98.0 Å². The second-order valence-electron chi connectivity index (χ2n) is 4.59. The lowest BCUT2D eigenvalue weighted by molar-refractivity contribution is 0.361. The van der Waals surface area contributed by atoms with Crippen molar-refractivity contribution in [2.24, 2.45) is 0 Å². The van der Waals surface area contributed by atoms with Crippen molar-refractivity contribution in [1.82, 2.24) is 15.3 Å². The van der Waals surface area contributed by atoms with Gasteiger partial charge in [-0.3, -0.25) is 9.59 Å². The first-order chi connectivity index (χ1) is 8.58. The van der Waals surface area contributed by atoms with Crippen molar-refractivity contribution in [2.75, 3.05) is 0 Å². The Morgan fingerprint density at radius 1 is 1.17 bits per heavy atom. The van der Waals surface area contributed by atoms with E-state index >= 15 is 0 Å². The summed E-state index contributed by atoms with van der Waals surface area (Å²) in [5, 5.41) is 12.4. The van der Waals surface area contributed by atoms with E-state index in [1.807, 2.05) is 0 Å². The van der Waals surface area contributed by atoms with Crippen LogP contribution in [0.15, 0.2) is 9.59 Å². The van der Waals surface area contributed by atoms with E-state index in [4.69, 9.17) is 0 Å². The highest BCUT2D eigenvalue weighted by Gasteiger charge is 2.15. The molecule has 1 aliphatic carbocycles. The molecule has 0 aromatic carbocycles. The number of nitrogens with one attached hydrogen (secondary N) is 3. The zero-order chi connectivity index (χ0) is 13.1. The van der Waals surface area contributed by atoms with Crippen molar-refractivity contribution < 1.29 is 5.11 Å². The van der Waals surface area contributed by atoms with Crippen LogP contribution in [-0.4, -0.2) is 21.1 Å². The van der Waals surface area contributed by atoms with Gasteiger partial charge in [0.05, 0.1) is 0 Å². The minimum atomic E-state index is -0.635. The number of aromatic nitrogens is 2. The number of aliphatic hydroxyl groups is 1. The number of hydrogen-bond acceptors (Lipinski definition) is 4. The van der Waals surface area contributed by atoms with Gasteiger partial charge < -0.3 is 20.4 Å². The van der Waals surface area contributed by atoms with Gasteiger partial charge in [-0.2, -0.15) is 0 Å². The maximum atomic E-state index is 11.6. The molecule has 1 heterocycles. The van der Waals surface area contributed by atoms with Crippen molar-refractivity contribution in [2.45, 2.75) is 38.1 Å². The molecule has 6 nitrogen and oxygen atoms in total. The van der Waals surface area contributed by atoms with E-state index in [0.29, 0.717) is 0 Å². The fraction of sp³-hybridized carbons (Fsp3) is 0.500. The Morgan fingerprint density at radius 2 is 1.72 bits per heavy atom. The lowest BCUT2D eigenvalue weighted by atomic mass is 9.96. The van der Waals surface area contributed by atoms with Crippen LogP contribution in [0.4, 0.5) is 0 Å². The molecule has 1 aromatic heterocycles. The third kappa shape index (κ3) is 2.64. The summed E-state index contributed by atoms with van der Waals surface area (Å²) in [4.78, 5) is 27.9. The maximum absolute atomic E-state index is 11.6. The quantitative estimate of drug-likeness (QED) is 0.543. The van der Waals surface area contributed by atoms with Crippen LogP contribution in [0.5, 0.6) is 0 Å². The van der Waals surface area contributed by atoms with Gasteiger partial charge >= 0.3 is 0 Å². The standard InChI is InChI=1S/C12H17N3O3/c1-7-13-10(16)9(11(17)14-7)12(18)15-8-5-3-2-4-6-8/h8,15,18H,1-6H2,(H,13,16)(H,14,17). The molecule has 0 atom stereocenters. The predicted molar refractivity (Wildman–Crippen MR) is 68.5 cm³/mol. The Kier molecular flexibility index (Phi) is 3.55. The lowest BCUT2D eigenvalue weighted by Gasteiger charge is -2.22. The average molecular weight is 251 g/mol. The SMILES string of the molecule is C=c1[nH]c(=O)c(=C(O)NC2CCCCC2)c(=O)[nH]1. The summed E-state index contributed by atoms with van der Waals surface area (Å²) in [6.07, 6.45) is 5.25. The van der Waals surface area contributed by atoms with E-state index < -0.39 is 11.1 Å². The van der Waals surface area contributed by atoms with E-state index in [0.717, 1.165) is 25.7 Å². The highest BCUT2D eigenvalue weighted by molar-refractivity contribution is 5.30. The first-order valence-corrected chi connectivity index (χ1v) is 6.09. The molecule has 0 aliphatic heterocycles. The normalized spacial score (nSPS) is 16.4. The molecule has 1 aliphatic rings. The monoisotopic (exact) mass is 251 g/mol. The van der Waals surface area contributed by atoms with Crippen LogP contribution in [0.25, 0.3) is 12.5 Å². The second-order valence-corrected chi connectivity index (χ2v) is 4.59. The molecule has 1 aromatic rings. The van der Waals surface area contributed by atoms with E-state index in [2.05, 4.69) is 21.9 Å². The van der Waals surface area contributed by atoms with Crippen LogP contribution >= 0.6 is 0 Å². The summed E-state index contributed by atoms with van der Waals surface area (Å²) in [6.45, 7) is 3.44.